The second kappa shape index (κ2) is 9.51. The van der Waals surface area contributed by atoms with E-state index in [2.05, 4.69) is 51.4 Å². The highest BCUT2D eigenvalue weighted by molar-refractivity contribution is 5.65. The molecule has 0 atom stereocenters. The number of imidazole rings is 1. The molecule has 2 aliphatic heterocycles. The maximum absolute atomic E-state index is 14.1. The summed E-state index contributed by atoms with van der Waals surface area (Å²) in [6.45, 7) is 2.55. The third-order valence-electron chi connectivity index (χ3n) is 5.70. The van der Waals surface area contributed by atoms with Gasteiger partial charge in [-0.25, -0.2) is 18.7 Å². The van der Waals surface area contributed by atoms with Crippen LogP contribution >= 0.6 is 0 Å². The van der Waals surface area contributed by atoms with Gasteiger partial charge in [0.05, 0.1) is 18.0 Å². The molecule has 172 valence electrons. The highest BCUT2D eigenvalue weighted by Crippen LogP contribution is 2.27. The quantitative estimate of drug-likeness (QED) is 0.260. The van der Waals surface area contributed by atoms with Gasteiger partial charge in [-0.3, -0.25) is 4.68 Å². The minimum atomic E-state index is -0.971. The van der Waals surface area contributed by atoms with Crippen LogP contribution in [-0.4, -0.2) is 24.9 Å². The minimum absolute atomic E-state index is 0.0130. The molecular weight excluding hydrogens is 436 g/mol. The zero-order chi connectivity index (χ0) is 23.5. The van der Waals surface area contributed by atoms with E-state index in [9.17, 15) is 8.78 Å². The number of hydrogen-bond donors (Lipinski definition) is 0. The van der Waals surface area contributed by atoms with Crippen LogP contribution in [0.15, 0.2) is 65.4 Å². The summed E-state index contributed by atoms with van der Waals surface area (Å²) in [5, 5.41) is 8.53. The van der Waals surface area contributed by atoms with Crippen molar-refractivity contribution in [3.05, 3.63) is 83.9 Å². The predicted octanol–water partition coefficient (Wildman–Crippen LogP) is 6.16. The second-order valence-corrected chi connectivity index (χ2v) is 8.22. The largest absolute Gasteiger partial charge is 0.359 e. The van der Waals surface area contributed by atoms with Crippen molar-refractivity contribution in [3.63, 3.8) is 0 Å². The molecule has 1 aromatic heterocycles. The van der Waals surface area contributed by atoms with Gasteiger partial charge in [0.15, 0.2) is 23.2 Å². The topological polar surface area (TPSA) is 69.6 Å². The molecule has 0 radical (unpaired) electrons. The Balaban J connectivity index is 1.31. The summed E-state index contributed by atoms with van der Waals surface area (Å²) in [6.07, 6.45) is 7.97. The van der Waals surface area contributed by atoms with Gasteiger partial charge in [-0.05, 0) is 30.5 Å². The molecule has 2 aliphatic rings. The number of aryl methyl sites for hydroxylation is 1. The van der Waals surface area contributed by atoms with Crippen LogP contribution in [0.3, 0.4) is 0 Å². The van der Waals surface area contributed by atoms with E-state index in [1.54, 1.807) is 10.9 Å². The standard InChI is InChI=1S/C26H23F2N5O/c1-2-3-4-6-17-9-11-18(12-10-17)22-13-19(34-32-22)15-33-16-24-23(14-29-33)30-26(31-24)20-7-5-8-21(27)25(20)28/h5,7-14,16H,2-4,6,15H2,1H3. The van der Waals surface area contributed by atoms with Crippen molar-refractivity contribution < 1.29 is 13.3 Å². The molecule has 0 fully saturated rings. The fraction of sp³-hybridized carbons (Fsp3) is 0.231. The molecule has 0 N–H and O–H groups in total. The molecule has 34 heavy (non-hydrogen) atoms. The van der Waals surface area contributed by atoms with Gasteiger partial charge < -0.3 is 4.52 Å². The summed E-state index contributed by atoms with van der Waals surface area (Å²) >= 11 is 0. The Kier molecular flexibility index (Phi) is 6.12. The first kappa shape index (κ1) is 21.9. The zero-order valence-electron chi connectivity index (χ0n) is 18.7. The van der Waals surface area contributed by atoms with Gasteiger partial charge in [-0.2, -0.15) is 5.10 Å². The van der Waals surface area contributed by atoms with Crippen LogP contribution in [0.25, 0.3) is 34.0 Å². The summed E-state index contributed by atoms with van der Waals surface area (Å²) < 4.78 is 34.8. The average Bonchev–Trinajstić information content (AvgIpc) is 3.48. The van der Waals surface area contributed by atoms with Crippen LogP contribution in [-0.2, 0) is 13.0 Å². The molecule has 0 bridgehead atoms. The highest BCUT2D eigenvalue weighted by atomic mass is 19.2. The Labute approximate surface area is 195 Å². The van der Waals surface area contributed by atoms with Crippen LogP contribution in [0.4, 0.5) is 8.78 Å². The van der Waals surface area contributed by atoms with Crippen molar-refractivity contribution in [2.75, 3.05) is 0 Å². The summed E-state index contributed by atoms with van der Waals surface area (Å²) in [5.41, 5.74) is 4.10. The molecule has 8 heteroatoms. The average molecular weight is 460 g/mol. The van der Waals surface area contributed by atoms with E-state index >= 15 is 0 Å². The number of aromatic nitrogens is 5. The Morgan fingerprint density at radius 2 is 1.76 bits per heavy atom. The molecule has 0 saturated heterocycles. The number of halogens is 2. The fourth-order valence-electron chi connectivity index (χ4n) is 3.85. The molecule has 0 amide bonds. The third kappa shape index (κ3) is 4.57. The first-order valence-electron chi connectivity index (χ1n) is 11.3. The van der Waals surface area contributed by atoms with Crippen LogP contribution in [0.2, 0.25) is 0 Å². The van der Waals surface area contributed by atoms with Crippen molar-refractivity contribution in [1.29, 1.82) is 0 Å². The molecule has 3 heterocycles. The number of unbranched alkanes of at least 4 members (excludes halogenated alkanes) is 2. The van der Waals surface area contributed by atoms with Gasteiger partial charge in [0, 0.05) is 11.6 Å². The maximum atomic E-state index is 14.1. The lowest BCUT2D eigenvalue weighted by Gasteiger charge is -2.03. The highest BCUT2D eigenvalue weighted by Gasteiger charge is 2.18. The fourth-order valence-corrected chi connectivity index (χ4v) is 3.85. The minimum Gasteiger partial charge on any atom is -0.359 e. The van der Waals surface area contributed by atoms with Gasteiger partial charge in [-0.15, -0.1) is 0 Å². The normalized spacial score (nSPS) is 11.4. The number of benzene rings is 2. The Hall–Kier alpha value is -3.94. The summed E-state index contributed by atoms with van der Waals surface area (Å²) in [7, 11) is 0. The Bertz CT molecular complexity index is 1380. The Morgan fingerprint density at radius 3 is 2.59 bits per heavy atom. The lowest BCUT2D eigenvalue weighted by molar-refractivity contribution is 0.372. The summed E-state index contributed by atoms with van der Waals surface area (Å²) in [6, 6.07) is 14.2. The van der Waals surface area contributed by atoms with Crippen LogP contribution < -0.4 is 0 Å². The van der Waals surface area contributed by atoms with E-state index in [0.717, 1.165) is 23.7 Å². The summed E-state index contributed by atoms with van der Waals surface area (Å²) in [5.74, 6) is -1.16. The van der Waals surface area contributed by atoms with Crippen molar-refractivity contribution >= 4 is 0 Å². The molecular formula is C26H23F2N5O. The monoisotopic (exact) mass is 459 g/mol. The number of hydrogen-bond acceptors (Lipinski definition) is 5. The number of fused-ring (bicyclic) bond motifs is 1. The zero-order valence-corrected chi connectivity index (χ0v) is 18.7. The van der Waals surface area contributed by atoms with Gasteiger partial charge in [0.25, 0.3) is 0 Å². The van der Waals surface area contributed by atoms with Crippen molar-refractivity contribution in [1.82, 2.24) is 24.9 Å². The van der Waals surface area contributed by atoms with Gasteiger partial charge in [0.2, 0.25) is 0 Å². The lowest BCUT2D eigenvalue weighted by Crippen LogP contribution is -2.04. The molecule has 0 saturated carbocycles. The van der Waals surface area contributed by atoms with E-state index in [1.807, 2.05) is 6.07 Å². The van der Waals surface area contributed by atoms with Crippen LogP contribution in [0, 0.1) is 11.6 Å². The van der Waals surface area contributed by atoms with Gasteiger partial charge in [-0.1, -0.05) is 55.3 Å². The van der Waals surface area contributed by atoms with Crippen molar-refractivity contribution in [3.8, 4) is 34.0 Å². The molecule has 0 unspecified atom stereocenters. The van der Waals surface area contributed by atoms with Crippen molar-refractivity contribution in [2.45, 2.75) is 39.2 Å². The molecule has 6 nitrogen and oxygen atoms in total. The predicted molar refractivity (Wildman–Crippen MR) is 124 cm³/mol. The third-order valence-corrected chi connectivity index (χ3v) is 5.70. The van der Waals surface area contributed by atoms with E-state index < -0.39 is 11.6 Å². The van der Waals surface area contributed by atoms with Crippen LogP contribution in [0.1, 0.15) is 37.5 Å². The molecule has 0 aliphatic carbocycles. The SMILES string of the molecule is CCCCCc1ccc(-c2cc(Cn3cc4nc(-c5cccc(F)c5F)nc-4cn3)on2)cc1. The molecule has 2 aromatic carbocycles. The number of nitrogens with zero attached hydrogens (tertiary/aromatic N) is 5. The first-order chi connectivity index (χ1) is 16.6. The van der Waals surface area contributed by atoms with E-state index in [0.29, 0.717) is 23.7 Å². The van der Waals surface area contributed by atoms with Crippen LogP contribution in [0.5, 0.6) is 0 Å². The smallest absolute Gasteiger partial charge is 0.169 e. The lowest BCUT2D eigenvalue weighted by atomic mass is 10.0. The van der Waals surface area contributed by atoms with Crippen molar-refractivity contribution in [2.24, 2.45) is 0 Å². The van der Waals surface area contributed by atoms with E-state index in [4.69, 9.17) is 4.52 Å². The van der Waals surface area contributed by atoms with Gasteiger partial charge in [0.1, 0.15) is 23.6 Å². The Morgan fingerprint density at radius 1 is 0.941 bits per heavy atom. The van der Waals surface area contributed by atoms with E-state index in [1.165, 1.54) is 43.2 Å². The molecule has 0 spiro atoms. The first-order valence-corrected chi connectivity index (χ1v) is 11.3. The summed E-state index contributed by atoms with van der Waals surface area (Å²) in [4.78, 5) is 8.63. The van der Waals surface area contributed by atoms with Gasteiger partial charge >= 0.3 is 0 Å². The number of rotatable bonds is 8. The maximum Gasteiger partial charge on any atom is 0.169 e. The second-order valence-electron chi connectivity index (χ2n) is 8.22. The molecule has 3 aromatic rings. The molecule has 5 rings (SSSR count). The van der Waals surface area contributed by atoms with E-state index in [-0.39, 0.29) is 11.4 Å².